The Hall–Kier alpha value is -2.61. The first-order valence-electron chi connectivity index (χ1n) is 9.61. The van der Waals surface area contributed by atoms with Crippen molar-refractivity contribution < 1.29 is 13.6 Å². The highest BCUT2D eigenvalue weighted by atomic mass is 32.1. The number of nitrogens with zero attached hydrogens (tertiary/aromatic N) is 3. The van der Waals surface area contributed by atoms with Gasteiger partial charge in [0.25, 0.3) is 0 Å². The molecule has 3 aromatic rings. The number of fused-ring (bicyclic) bond motifs is 1. The van der Waals surface area contributed by atoms with E-state index in [1.54, 1.807) is 11.3 Å². The average Bonchev–Trinajstić information content (AvgIpc) is 3.05. The molecule has 1 N–H and O–H groups in total. The Morgan fingerprint density at radius 2 is 1.86 bits per heavy atom. The molecule has 1 aromatic carbocycles. The first-order chi connectivity index (χ1) is 13.9. The largest absolute Gasteiger partial charge is 0.356 e. The van der Waals surface area contributed by atoms with Gasteiger partial charge in [-0.15, -0.1) is 11.3 Å². The molecule has 29 heavy (non-hydrogen) atoms. The van der Waals surface area contributed by atoms with Gasteiger partial charge in [0.2, 0.25) is 5.91 Å². The molecular formula is C21H22F2N4OS. The minimum atomic E-state index is -0.641. The molecule has 2 aromatic heterocycles. The maximum Gasteiger partial charge on any atom is 0.223 e. The zero-order valence-corrected chi connectivity index (χ0v) is 17.2. The van der Waals surface area contributed by atoms with Crippen LogP contribution in [0.3, 0.4) is 0 Å². The SMILES string of the molecule is Cc1nc(N2CCC(C(=O)NCc3cc(F)cc(F)c3)CC2)c2c(C)scc2n1. The van der Waals surface area contributed by atoms with Crippen molar-refractivity contribution in [2.45, 2.75) is 33.2 Å². The number of amides is 1. The molecule has 0 unspecified atom stereocenters. The van der Waals surface area contributed by atoms with Crippen LogP contribution in [-0.2, 0) is 11.3 Å². The number of hydrogen-bond donors (Lipinski definition) is 1. The number of carbonyl (C=O) groups excluding carboxylic acids is 1. The van der Waals surface area contributed by atoms with Gasteiger partial charge in [-0.2, -0.15) is 0 Å². The number of hydrogen-bond acceptors (Lipinski definition) is 5. The second kappa shape index (κ2) is 8.02. The number of benzene rings is 1. The van der Waals surface area contributed by atoms with Crippen LogP contribution in [0, 0.1) is 31.4 Å². The van der Waals surface area contributed by atoms with Gasteiger partial charge < -0.3 is 10.2 Å². The van der Waals surface area contributed by atoms with E-state index in [1.807, 2.05) is 6.92 Å². The standard InChI is InChI=1S/C21H22F2N4OS/c1-12-19-18(11-29-12)25-13(2)26-20(19)27-5-3-15(4-6-27)21(28)24-10-14-7-16(22)9-17(23)8-14/h7-9,11,15H,3-6,10H2,1-2H3,(H,24,28). The molecule has 1 aliphatic rings. The van der Waals surface area contributed by atoms with E-state index in [0.717, 1.165) is 41.7 Å². The second-order valence-corrected chi connectivity index (χ2v) is 8.49. The fraction of sp³-hybridized carbons (Fsp3) is 0.381. The lowest BCUT2D eigenvalue weighted by molar-refractivity contribution is -0.125. The smallest absolute Gasteiger partial charge is 0.223 e. The number of aromatic nitrogens is 2. The van der Waals surface area contributed by atoms with E-state index in [9.17, 15) is 13.6 Å². The van der Waals surface area contributed by atoms with E-state index in [1.165, 1.54) is 17.0 Å². The third-order valence-electron chi connectivity index (χ3n) is 5.28. The minimum absolute atomic E-state index is 0.0787. The molecule has 0 spiro atoms. The van der Waals surface area contributed by atoms with Crippen molar-refractivity contribution in [3.8, 4) is 0 Å². The Morgan fingerprint density at radius 1 is 1.17 bits per heavy atom. The molecule has 5 nitrogen and oxygen atoms in total. The van der Waals surface area contributed by atoms with Gasteiger partial charge in [0.1, 0.15) is 23.3 Å². The van der Waals surface area contributed by atoms with Crippen molar-refractivity contribution in [3.05, 3.63) is 51.5 Å². The highest BCUT2D eigenvalue weighted by Gasteiger charge is 2.27. The molecule has 0 atom stereocenters. The summed E-state index contributed by atoms with van der Waals surface area (Å²) in [5.74, 6) is 0.208. The van der Waals surface area contributed by atoms with Gasteiger partial charge in [0, 0.05) is 41.9 Å². The van der Waals surface area contributed by atoms with Crippen LogP contribution in [0.2, 0.25) is 0 Å². The minimum Gasteiger partial charge on any atom is -0.356 e. The van der Waals surface area contributed by atoms with Gasteiger partial charge in [-0.1, -0.05) is 0 Å². The van der Waals surface area contributed by atoms with E-state index in [-0.39, 0.29) is 18.4 Å². The fourth-order valence-corrected chi connectivity index (χ4v) is 4.61. The first kappa shape index (κ1) is 19.7. The number of nitrogens with one attached hydrogen (secondary N) is 1. The van der Waals surface area contributed by atoms with Crippen LogP contribution in [0.4, 0.5) is 14.6 Å². The molecule has 0 radical (unpaired) electrons. The molecule has 1 aliphatic heterocycles. The van der Waals surface area contributed by atoms with Gasteiger partial charge in [-0.25, -0.2) is 18.7 Å². The van der Waals surface area contributed by atoms with Crippen LogP contribution in [0.1, 0.15) is 29.1 Å². The van der Waals surface area contributed by atoms with Gasteiger partial charge in [0.05, 0.1) is 10.9 Å². The summed E-state index contributed by atoms with van der Waals surface area (Å²) in [5, 5.41) is 5.95. The van der Waals surface area contributed by atoms with Crippen LogP contribution >= 0.6 is 11.3 Å². The highest BCUT2D eigenvalue weighted by Crippen LogP contribution is 2.33. The topological polar surface area (TPSA) is 58.1 Å². The molecule has 0 aliphatic carbocycles. The Balaban J connectivity index is 1.39. The molecule has 8 heteroatoms. The van der Waals surface area contributed by atoms with Gasteiger partial charge in [-0.3, -0.25) is 4.79 Å². The summed E-state index contributed by atoms with van der Waals surface area (Å²) in [5.41, 5.74) is 1.39. The summed E-state index contributed by atoms with van der Waals surface area (Å²) < 4.78 is 26.6. The third kappa shape index (κ3) is 4.22. The highest BCUT2D eigenvalue weighted by molar-refractivity contribution is 7.11. The summed E-state index contributed by atoms with van der Waals surface area (Å²) >= 11 is 1.67. The second-order valence-electron chi connectivity index (χ2n) is 7.40. The predicted octanol–water partition coefficient (Wildman–Crippen LogP) is 4.12. The number of piperidine rings is 1. The van der Waals surface area contributed by atoms with E-state index < -0.39 is 11.6 Å². The summed E-state index contributed by atoms with van der Waals surface area (Å²) in [6.45, 7) is 5.55. The van der Waals surface area contributed by atoms with Crippen LogP contribution < -0.4 is 10.2 Å². The van der Waals surface area contributed by atoms with Crippen molar-refractivity contribution in [2.24, 2.45) is 5.92 Å². The van der Waals surface area contributed by atoms with Crippen LogP contribution in [0.15, 0.2) is 23.6 Å². The average molecular weight is 416 g/mol. The predicted molar refractivity (Wildman–Crippen MR) is 110 cm³/mol. The zero-order valence-electron chi connectivity index (χ0n) is 16.3. The van der Waals surface area contributed by atoms with E-state index in [2.05, 4.69) is 32.5 Å². The number of carbonyl (C=O) groups is 1. The third-order valence-corrected chi connectivity index (χ3v) is 6.18. The van der Waals surface area contributed by atoms with Crippen molar-refractivity contribution in [1.29, 1.82) is 0 Å². The van der Waals surface area contributed by atoms with Gasteiger partial charge in [-0.05, 0) is 44.4 Å². The molecule has 1 amide bonds. The maximum atomic E-state index is 13.3. The maximum absolute atomic E-state index is 13.3. The lowest BCUT2D eigenvalue weighted by atomic mass is 9.95. The van der Waals surface area contributed by atoms with Gasteiger partial charge >= 0.3 is 0 Å². The Morgan fingerprint density at radius 3 is 2.55 bits per heavy atom. The fourth-order valence-electron chi connectivity index (χ4n) is 3.83. The molecule has 152 valence electrons. The van der Waals surface area contributed by atoms with Crippen molar-refractivity contribution >= 4 is 34.0 Å². The number of thiophene rings is 1. The lowest BCUT2D eigenvalue weighted by Crippen LogP contribution is -2.40. The quantitative estimate of drug-likeness (QED) is 0.695. The van der Waals surface area contributed by atoms with E-state index in [4.69, 9.17) is 0 Å². The van der Waals surface area contributed by atoms with Crippen molar-refractivity contribution in [3.63, 3.8) is 0 Å². The van der Waals surface area contributed by atoms with E-state index >= 15 is 0 Å². The van der Waals surface area contributed by atoms with Crippen LogP contribution in [-0.4, -0.2) is 29.0 Å². The Labute approximate surface area is 171 Å². The van der Waals surface area contributed by atoms with Crippen molar-refractivity contribution in [1.82, 2.24) is 15.3 Å². The molecule has 3 heterocycles. The normalized spacial score (nSPS) is 15.1. The molecule has 1 saturated heterocycles. The number of anilines is 1. The molecule has 0 bridgehead atoms. The molecule has 0 saturated carbocycles. The Bertz CT molecular complexity index is 1040. The molecule has 4 rings (SSSR count). The number of rotatable bonds is 4. The number of aryl methyl sites for hydroxylation is 2. The summed E-state index contributed by atoms with van der Waals surface area (Å²) in [7, 11) is 0. The molecule has 1 fully saturated rings. The summed E-state index contributed by atoms with van der Waals surface area (Å²) in [6.07, 6.45) is 1.41. The number of halogens is 2. The Kier molecular flexibility index (Phi) is 5.45. The van der Waals surface area contributed by atoms with Gasteiger partial charge in [0.15, 0.2) is 0 Å². The molecular weight excluding hydrogens is 394 g/mol. The lowest BCUT2D eigenvalue weighted by Gasteiger charge is -2.32. The monoisotopic (exact) mass is 416 g/mol. The summed E-state index contributed by atoms with van der Waals surface area (Å²) in [6, 6.07) is 3.29. The van der Waals surface area contributed by atoms with Crippen molar-refractivity contribution in [2.75, 3.05) is 18.0 Å². The van der Waals surface area contributed by atoms with Crippen LogP contribution in [0.5, 0.6) is 0 Å². The van der Waals surface area contributed by atoms with Crippen LogP contribution in [0.25, 0.3) is 10.9 Å². The first-order valence-corrected chi connectivity index (χ1v) is 10.5. The van der Waals surface area contributed by atoms with E-state index in [0.29, 0.717) is 18.4 Å². The summed E-state index contributed by atoms with van der Waals surface area (Å²) in [4.78, 5) is 25.1. The zero-order chi connectivity index (χ0) is 20.5.